The van der Waals surface area contributed by atoms with Crippen LogP contribution in [-0.4, -0.2) is 30.7 Å². The third kappa shape index (κ3) is 6.55. The number of halogens is 3. The minimum absolute atomic E-state index is 0. The molecule has 0 saturated carbocycles. The van der Waals surface area contributed by atoms with Crippen LogP contribution in [-0.2, 0) is 20.0 Å². The highest BCUT2D eigenvalue weighted by Gasteiger charge is 2.08. The van der Waals surface area contributed by atoms with Gasteiger partial charge in [-0.05, 0) is 37.1 Å². The molecule has 0 amide bonds. The van der Waals surface area contributed by atoms with Gasteiger partial charge in [0.1, 0.15) is 10.9 Å². The van der Waals surface area contributed by atoms with E-state index in [4.69, 9.17) is 27.9 Å². The largest absolute Gasteiger partial charge is 0.497 e. The van der Waals surface area contributed by atoms with Crippen LogP contribution in [0.1, 0.15) is 18.2 Å². The molecule has 0 aliphatic rings. The summed E-state index contributed by atoms with van der Waals surface area (Å²) in [7, 11) is 3.55. The molecule has 0 fully saturated rings. The van der Waals surface area contributed by atoms with Gasteiger partial charge in [-0.2, -0.15) is 0 Å². The fourth-order valence-corrected chi connectivity index (χ4v) is 2.78. The third-order valence-corrected chi connectivity index (χ3v) is 4.67. The minimum Gasteiger partial charge on any atom is -0.497 e. The Bertz CT molecular complexity index is 717. The molecule has 8 heteroatoms. The number of aromatic nitrogens is 1. The van der Waals surface area contributed by atoms with Crippen molar-refractivity contribution >= 4 is 53.1 Å². The summed E-state index contributed by atoms with van der Waals surface area (Å²) in [6, 6.07) is 9.92. The van der Waals surface area contributed by atoms with Gasteiger partial charge in [-0.25, -0.2) is 4.99 Å². The molecule has 0 unspecified atom stereocenters. The maximum atomic E-state index is 6.09. The summed E-state index contributed by atoms with van der Waals surface area (Å²) in [5, 5.41) is 7.66. The standard InChI is InChI=1S/C18H24Cl2N4O.HI/c1-4-21-18(23-12-14-11-16(19)17(20)24(14)2)22-10-9-13-5-7-15(25-3)8-6-13;/h5-8,11H,4,9-10,12H2,1-3H3,(H2,21,22,23);1H. The lowest BCUT2D eigenvalue weighted by Crippen LogP contribution is -2.38. The minimum atomic E-state index is 0. The fraction of sp³-hybridized carbons (Fsp3) is 0.389. The monoisotopic (exact) mass is 510 g/mol. The van der Waals surface area contributed by atoms with Crippen molar-refractivity contribution in [1.82, 2.24) is 15.2 Å². The number of hydrogen-bond acceptors (Lipinski definition) is 2. The molecule has 2 N–H and O–H groups in total. The second-order valence-electron chi connectivity index (χ2n) is 5.55. The van der Waals surface area contributed by atoms with Crippen molar-refractivity contribution in [2.75, 3.05) is 20.2 Å². The predicted molar refractivity (Wildman–Crippen MR) is 120 cm³/mol. The first-order valence-corrected chi connectivity index (χ1v) is 8.95. The first kappa shape index (κ1) is 22.9. The summed E-state index contributed by atoms with van der Waals surface area (Å²) in [5.41, 5.74) is 2.20. The zero-order valence-electron chi connectivity index (χ0n) is 15.2. The van der Waals surface area contributed by atoms with E-state index in [9.17, 15) is 0 Å². The summed E-state index contributed by atoms with van der Waals surface area (Å²) < 4.78 is 7.01. The smallest absolute Gasteiger partial charge is 0.191 e. The maximum absolute atomic E-state index is 6.09. The highest BCUT2D eigenvalue weighted by atomic mass is 127. The van der Waals surface area contributed by atoms with E-state index < -0.39 is 0 Å². The van der Waals surface area contributed by atoms with E-state index in [1.165, 1.54) is 5.56 Å². The number of rotatable bonds is 7. The Morgan fingerprint density at radius 2 is 1.88 bits per heavy atom. The zero-order chi connectivity index (χ0) is 18.2. The molecular weight excluding hydrogens is 486 g/mol. The topological polar surface area (TPSA) is 50.6 Å². The number of benzene rings is 1. The number of aliphatic imine (C=N–C) groups is 1. The molecule has 2 rings (SSSR count). The third-order valence-electron chi connectivity index (χ3n) is 3.82. The number of methoxy groups -OCH3 is 1. The van der Waals surface area contributed by atoms with Crippen LogP contribution >= 0.6 is 47.2 Å². The lowest BCUT2D eigenvalue weighted by atomic mass is 10.1. The Balaban J connectivity index is 0.00000338. The predicted octanol–water partition coefficient (Wildman–Crippen LogP) is 4.26. The van der Waals surface area contributed by atoms with Crippen LogP contribution in [0.2, 0.25) is 10.2 Å². The van der Waals surface area contributed by atoms with Crippen molar-refractivity contribution in [2.45, 2.75) is 19.9 Å². The van der Waals surface area contributed by atoms with Crippen molar-refractivity contribution in [3.8, 4) is 5.75 Å². The van der Waals surface area contributed by atoms with Gasteiger partial charge in [-0.15, -0.1) is 24.0 Å². The molecule has 0 atom stereocenters. The van der Waals surface area contributed by atoms with E-state index in [1.807, 2.05) is 36.7 Å². The molecule has 0 bridgehead atoms. The molecule has 0 radical (unpaired) electrons. The van der Waals surface area contributed by atoms with Crippen LogP contribution in [0.5, 0.6) is 5.75 Å². The van der Waals surface area contributed by atoms with Crippen LogP contribution in [0.4, 0.5) is 0 Å². The number of guanidine groups is 1. The first-order valence-electron chi connectivity index (χ1n) is 8.19. The molecule has 2 aromatic rings. The second kappa shape index (κ2) is 11.6. The van der Waals surface area contributed by atoms with E-state index in [-0.39, 0.29) is 24.0 Å². The van der Waals surface area contributed by atoms with Crippen LogP contribution in [0.25, 0.3) is 0 Å². The van der Waals surface area contributed by atoms with Gasteiger partial charge in [0, 0.05) is 25.8 Å². The average molecular weight is 511 g/mol. The molecular formula is C18H25Cl2IN4O. The van der Waals surface area contributed by atoms with Crippen LogP contribution < -0.4 is 15.4 Å². The number of ether oxygens (including phenoxy) is 1. The molecule has 1 aromatic heterocycles. The Morgan fingerprint density at radius 3 is 2.42 bits per heavy atom. The van der Waals surface area contributed by atoms with Crippen molar-refractivity contribution in [3.05, 3.63) is 51.8 Å². The Kier molecular flexibility index (Phi) is 10.2. The quantitative estimate of drug-likeness (QED) is 0.332. The summed E-state index contributed by atoms with van der Waals surface area (Å²) in [5.74, 6) is 1.64. The first-order chi connectivity index (χ1) is 12.0. The van der Waals surface area contributed by atoms with E-state index in [0.29, 0.717) is 16.7 Å². The van der Waals surface area contributed by atoms with Crippen LogP contribution in [0.3, 0.4) is 0 Å². The summed E-state index contributed by atoms with van der Waals surface area (Å²) >= 11 is 12.1. The van der Waals surface area contributed by atoms with E-state index in [2.05, 4.69) is 27.8 Å². The molecule has 0 aliphatic heterocycles. The van der Waals surface area contributed by atoms with Gasteiger partial charge in [0.15, 0.2) is 5.96 Å². The molecule has 0 saturated heterocycles. The van der Waals surface area contributed by atoms with E-state index in [1.54, 1.807) is 7.11 Å². The van der Waals surface area contributed by atoms with Crippen molar-refractivity contribution < 1.29 is 4.74 Å². The van der Waals surface area contributed by atoms with Gasteiger partial charge in [-0.1, -0.05) is 35.3 Å². The Labute approximate surface area is 182 Å². The van der Waals surface area contributed by atoms with Gasteiger partial charge in [-0.3, -0.25) is 0 Å². The maximum Gasteiger partial charge on any atom is 0.191 e. The summed E-state index contributed by atoms with van der Waals surface area (Å²) in [6.45, 7) is 4.12. The number of hydrogen-bond donors (Lipinski definition) is 2. The van der Waals surface area contributed by atoms with Gasteiger partial charge in [0.25, 0.3) is 0 Å². The summed E-state index contributed by atoms with van der Waals surface area (Å²) in [6.07, 6.45) is 0.899. The SMILES string of the molecule is CCNC(=NCc1cc(Cl)c(Cl)n1C)NCCc1ccc(OC)cc1.I. The van der Waals surface area contributed by atoms with Crippen molar-refractivity contribution in [2.24, 2.45) is 12.0 Å². The van der Waals surface area contributed by atoms with Gasteiger partial charge < -0.3 is 19.9 Å². The number of nitrogens with zero attached hydrogens (tertiary/aromatic N) is 2. The molecule has 26 heavy (non-hydrogen) atoms. The highest BCUT2D eigenvalue weighted by molar-refractivity contribution is 14.0. The Hall–Kier alpha value is -1.12. The molecule has 5 nitrogen and oxygen atoms in total. The lowest BCUT2D eigenvalue weighted by Gasteiger charge is -2.12. The van der Waals surface area contributed by atoms with Crippen molar-refractivity contribution in [3.63, 3.8) is 0 Å². The molecule has 1 heterocycles. The highest BCUT2D eigenvalue weighted by Crippen LogP contribution is 2.25. The lowest BCUT2D eigenvalue weighted by molar-refractivity contribution is 0.414. The molecule has 0 aliphatic carbocycles. The van der Waals surface area contributed by atoms with Gasteiger partial charge in [0.2, 0.25) is 0 Å². The van der Waals surface area contributed by atoms with Crippen molar-refractivity contribution in [1.29, 1.82) is 0 Å². The van der Waals surface area contributed by atoms with Gasteiger partial charge >= 0.3 is 0 Å². The molecule has 144 valence electrons. The van der Waals surface area contributed by atoms with E-state index in [0.717, 1.165) is 36.9 Å². The zero-order valence-corrected chi connectivity index (χ0v) is 19.0. The molecule has 0 spiro atoms. The fourth-order valence-electron chi connectivity index (χ4n) is 2.36. The average Bonchev–Trinajstić information content (AvgIpc) is 2.87. The van der Waals surface area contributed by atoms with Crippen LogP contribution in [0, 0.1) is 0 Å². The normalized spacial score (nSPS) is 11.0. The molecule has 1 aromatic carbocycles. The van der Waals surface area contributed by atoms with Gasteiger partial charge in [0.05, 0.1) is 18.7 Å². The number of nitrogens with one attached hydrogen (secondary N) is 2. The van der Waals surface area contributed by atoms with Crippen LogP contribution in [0.15, 0.2) is 35.3 Å². The second-order valence-corrected chi connectivity index (χ2v) is 6.32. The summed E-state index contributed by atoms with van der Waals surface area (Å²) in [4.78, 5) is 4.59. The van der Waals surface area contributed by atoms with E-state index >= 15 is 0 Å². The Morgan fingerprint density at radius 1 is 1.19 bits per heavy atom.